The quantitative estimate of drug-likeness (QED) is 0.770. The van der Waals surface area contributed by atoms with Crippen LogP contribution in [0.3, 0.4) is 0 Å². The SMILES string of the molecule is COCCS(=O)Cc1cc(C#N)ccc1OC. The summed E-state index contributed by atoms with van der Waals surface area (Å²) in [4.78, 5) is 0. The summed E-state index contributed by atoms with van der Waals surface area (Å²) >= 11 is 0. The third-order valence-corrected chi connectivity index (χ3v) is 3.50. The molecule has 1 aromatic carbocycles. The zero-order valence-corrected chi connectivity index (χ0v) is 10.8. The van der Waals surface area contributed by atoms with Crippen LogP contribution in [-0.2, 0) is 21.3 Å². The summed E-state index contributed by atoms with van der Waals surface area (Å²) in [7, 11) is 2.13. The van der Waals surface area contributed by atoms with Gasteiger partial charge >= 0.3 is 0 Å². The molecule has 0 fully saturated rings. The van der Waals surface area contributed by atoms with E-state index in [2.05, 4.69) is 6.07 Å². The van der Waals surface area contributed by atoms with E-state index in [0.717, 1.165) is 5.56 Å². The standard InChI is InChI=1S/C12H15NO3S/c1-15-5-6-17(14)9-11-7-10(8-13)3-4-12(11)16-2/h3-4,7H,5-6,9H2,1-2H3. The van der Waals surface area contributed by atoms with Crippen molar-refractivity contribution in [3.63, 3.8) is 0 Å². The molecule has 0 bridgehead atoms. The van der Waals surface area contributed by atoms with E-state index in [4.69, 9.17) is 14.7 Å². The molecule has 1 unspecified atom stereocenters. The van der Waals surface area contributed by atoms with Crippen molar-refractivity contribution in [2.75, 3.05) is 26.6 Å². The van der Waals surface area contributed by atoms with Crippen LogP contribution in [0, 0.1) is 11.3 Å². The Labute approximate surface area is 104 Å². The minimum atomic E-state index is -1.01. The van der Waals surface area contributed by atoms with Gasteiger partial charge in [0.1, 0.15) is 5.75 Å². The Kier molecular flexibility index (Phi) is 5.67. The van der Waals surface area contributed by atoms with Gasteiger partial charge < -0.3 is 9.47 Å². The summed E-state index contributed by atoms with van der Waals surface area (Å²) in [6, 6.07) is 7.17. The van der Waals surface area contributed by atoms with E-state index in [1.165, 1.54) is 0 Å². The van der Waals surface area contributed by atoms with Gasteiger partial charge in [-0.25, -0.2) is 0 Å². The molecule has 0 saturated heterocycles. The predicted octanol–water partition coefficient (Wildman–Crippen LogP) is 1.46. The minimum absolute atomic E-state index is 0.377. The number of benzene rings is 1. The summed E-state index contributed by atoms with van der Waals surface area (Å²) in [6.07, 6.45) is 0. The van der Waals surface area contributed by atoms with Crippen molar-refractivity contribution in [2.24, 2.45) is 0 Å². The fourth-order valence-corrected chi connectivity index (χ4v) is 2.45. The number of hydrogen-bond donors (Lipinski definition) is 0. The molecule has 92 valence electrons. The van der Waals surface area contributed by atoms with Gasteiger partial charge in [-0.3, -0.25) is 4.21 Å². The van der Waals surface area contributed by atoms with Crippen LogP contribution in [-0.4, -0.2) is 30.8 Å². The highest BCUT2D eigenvalue weighted by molar-refractivity contribution is 7.84. The van der Waals surface area contributed by atoms with E-state index in [9.17, 15) is 4.21 Å². The second kappa shape index (κ2) is 7.05. The van der Waals surface area contributed by atoms with Crippen molar-refractivity contribution in [1.82, 2.24) is 0 Å². The van der Waals surface area contributed by atoms with Crippen molar-refractivity contribution in [1.29, 1.82) is 5.26 Å². The lowest BCUT2D eigenvalue weighted by Gasteiger charge is -2.08. The molecule has 0 aliphatic heterocycles. The first-order valence-electron chi connectivity index (χ1n) is 5.12. The summed E-state index contributed by atoms with van der Waals surface area (Å²) < 4.78 is 21.8. The molecule has 5 heteroatoms. The number of nitriles is 1. The molecule has 1 atom stereocenters. The number of nitrogens with zero attached hydrogens (tertiary/aromatic N) is 1. The molecule has 1 aromatic rings. The Bertz CT molecular complexity index is 440. The third-order valence-electron chi connectivity index (χ3n) is 2.24. The molecule has 0 aliphatic rings. The molecule has 0 saturated carbocycles. The van der Waals surface area contributed by atoms with E-state index < -0.39 is 10.8 Å². The molecule has 0 aliphatic carbocycles. The summed E-state index contributed by atoms with van der Waals surface area (Å²) in [6.45, 7) is 0.465. The van der Waals surface area contributed by atoms with Gasteiger partial charge in [0.15, 0.2) is 0 Å². The third kappa shape index (κ3) is 4.17. The second-order valence-electron chi connectivity index (χ2n) is 3.42. The molecule has 17 heavy (non-hydrogen) atoms. The predicted molar refractivity (Wildman–Crippen MR) is 66.3 cm³/mol. The lowest BCUT2D eigenvalue weighted by atomic mass is 10.1. The number of ether oxygens (including phenoxy) is 2. The zero-order chi connectivity index (χ0) is 12.7. The van der Waals surface area contributed by atoms with Crippen LogP contribution in [0.5, 0.6) is 5.75 Å². The molecule has 0 spiro atoms. The van der Waals surface area contributed by atoms with Crippen LogP contribution < -0.4 is 4.74 Å². The molecule has 0 amide bonds. The lowest BCUT2D eigenvalue weighted by molar-refractivity contribution is 0.218. The minimum Gasteiger partial charge on any atom is -0.496 e. The van der Waals surface area contributed by atoms with E-state index >= 15 is 0 Å². The number of rotatable bonds is 6. The summed E-state index contributed by atoms with van der Waals surface area (Å²) in [5, 5.41) is 8.81. The molecule has 0 radical (unpaired) electrons. The highest BCUT2D eigenvalue weighted by Gasteiger charge is 2.08. The zero-order valence-electron chi connectivity index (χ0n) is 9.93. The van der Waals surface area contributed by atoms with Gasteiger partial charge in [0.2, 0.25) is 0 Å². The Morgan fingerprint density at radius 2 is 2.18 bits per heavy atom. The lowest BCUT2D eigenvalue weighted by Crippen LogP contribution is -2.07. The van der Waals surface area contributed by atoms with Crippen LogP contribution in [0.2, 0.25) is 0 Å². The summed E-state index contributed by atoms with van der Waals surface area (Å²) in [5.74, 6) is 1.52. The summed E-state index contributed by atoms with van der Waals surface area (Å²) in [5.41, 5.74) is 1.34. The van der Waals surface area contributed by atoms with Gasteiger partial charge in [0, 0.05) is 29.2 Å². The van der Waals surface area contributed by atoms with Crippen molar-refractivity contribution in [3.8, 4) is 11.8 Å². The van der Waals surface area contributed by atoms with Gasteiger partial charge in [-0.15, -0.1) is 0 Å². The molecule has 1 rings (SSSR count). The molecule has 4 nitrogen and oxygen atoms in total. The number of methoxy groups -OCH3 is 2. The van der Waals surface area contributed by atoms with Crippen LogP contribution >= 0.6 is 0 Å². The van der Waals surface area contributed by atoms with E-state index in [1.807, 2.05) is 0 Å². The van der Waals surface area contributed by atoms with E-state index in [1.54, 1.807) is 32.4 Å². The van der Waals surface area contributed by atoms with Crippen molar-refractivity contribution < 1.29 is 13.7 Å². The van der Waals surface area contributed by atoms with Gasteiger partial charge in [0.05, 0.1) is 31.1 Å². The molecule has 0 aromatic heterocycles. The fourth-order valence-electron chi connectivity index (χ4n) is 1.38. The van der Waals surface area contributed by atoms with E-state index in [-0.39, 0.29) is 0 Å². The maximum absolute atomic E-state index is 11.7. The smallest absolute Gasteiger partial charge is 0.123 e. The van der Waals surface area contributed by atoms with Crippen LogP contribution in [0.15, 0.2) is 18.2 Å². The van der Waals surface area contributed by atoms with Gasteiger partial charge in [0.25, 0.3) is 0 Å². The van der Waals surface area contributed by atoms with Crippen LogP contribution in [0.4, 0.5) is 0 Å². The molecule has 0 N–H and O–H groups in total. The fraction of sp³-hybridized carbons (Fsp3) is 0.417. The highest BCUT2D eigenvalue weighted by atomic mass is 32.2. The van der Waals surface area contributed by atoms with E-state index in [0.29, 0.717) is 29.4 Å². The van der Waals surface area contributed by atoms with Crippen molar-refractivity contribution in [3.05, 3.63) is 29.3 Å². The van der Waals surface area contributed by atoms with Crippen molar-refractivity contribution >= 4 is 10.8 Å². The maximum Gasteiger partial charge on any atom is 0.123 e. The molecular formula is C12H15NO3S. The Balaban J connectivity index is 2.81. The monoisotopic (exact) mass is 253 g/mol. The average Bonchev–Trinajstić information content (AvgIpc) is 2.36. The number of hydrogen-bond acceptors (Lipinski definition) is 4. The second-order valence-corrected chi connectivity index (χ2v) is 5.00. The normalized spacial score (nSPS) is 11.8. The van der Waals surface area contributed by atoms with Gasteiger partial charge in [-0.1, -0.05) is 0 Å². The Hall–Kier alpha value is -1.38. The topological polar surface area (TPSA) is 59.3 Å². The largest absolute Gasteiger partial charge is 0.496 e. The maximum atomic E-state index is 11.7. The molecule has 0 heterocycles. The first kappa shape index (κ1) is 13.7. The first-order valence-corrected chi connectivity index (χ1v) is 6.61. The first-order chi connectivity index (χ1) is 8.21. The Morgan fingerprint density at radius 1 is 1.41 bits per heavy atom. The Morgan fingerprint density at radius 3 is 2.76 bits per heavy atom. The van der Waals surface area contributed by atoms with Gasteiger partial charge in [-0.2, -0.15) is 5.26 Å². The van der Waals surface area contributed by atoms with Crippen molar-refractivity contribution in [2.45, 2.75) is 5.75 Å². The molecular weight excluding hydrogens is 238 g/mol. The van der Waals surface area contributed by atoms with Gasteiger partial charge in [-0.05, 0) is 18.2 Å². The van der Waals surface area contributed by atoms with Crippen LogP contribution in [0.25, 0.3) is 0 Å². The average molecular weight is 253 g/mol. The highest BCUT2D eigenvalue weighted by Crippen LogP contribution is 2.21. The van der Waals surface area contributed by atoms with Crippen LogP contribution in [0.1, 0.15) is 11.1 Å².